The molecule has 2 N–H and O–H groups in total. The van der Waals surface area contributed by atoms with Crippen LogP contribution >= 0.6 is 11.3 Å². The quantitative estimate of drug-likeness (QED) is 0.0360. The molecule has 74 heavy (non-hydrogen) atoms. The summed E-state index contributed by atoms with van der Waals surface area (Å²) in [6.45, 7) is 11.0. The summed E-state index contributed by atoms with van der Waals surface area (Å²) in [4.78, 5) is 47.4. The Labute approximate surface area is 438 Å². The van der Waals surface area contributed by atoms with E-state index in [2.05, 4.69) is 27.3 Å². The molecule has 5 aromatic rings. The van der Waals surface area contributed by atoms with Gasteiger partial charge in [0.05, 0.1) is 82.1 Å². The fourth-order valence-electron chi connectivity index (χ4n) is 9.54. The topological polar surface area (TPSA) is 199 Å². The van der Waals surface area contributed by atoms with Gasteiger partial charge in [0.2, 0.25) is 17.6 Å². The molecule has 3 aromatic carbocycles. The maximum absolute atomic E-state index is 14.2. The third-order valence-corrected chi connectivity index (χ3v) is 14.7. The molecular formula is C57H69N7O9S. The second kappa shape index (κ2) is 28.3. The van der Waals surface area contributed by atoms with E-state index in [4.69, 9.17) is 33.4 Å². The third kappa shape index (κ3) is 14.9. The highest BCUT2D eigenvalue weighted by Gasteiger charge is 2.40. The van der Waals surface area contributed by atoms with Gasteiger partial charge in [0.25, 0.3) is 0 Å². The molecule has 17 heteroatoms. The van der Waals surface area contributed by atoms with Crippen LogP contribution in [0.2, 0.25) is 0 Å². The number of carbonyl (C=O) groups is 3. The van der Waals surface area contributed by atoms with Gasteiger partial charge in [-0.1, -0.05) is 55.7 Å². The number of hydrogen-bond donors (Lipinski definition) is 2. The first-order valence-corrected chi connectivity index (χ1v) is 26.6. The van der Waals surface area contributed by atoms with Gasteiger partial charge >= 0.3 is 0 Å². The summed E-state index contributed by atoms with van der Waals surface area (Å²) in [5.74, 6) is 0.931. The van der Waals surface area contributed by atoms with Crippen molar-refractivity contribution in [2.45, 2.75) is 90.4 Å². The van der Waals surface area contributed by atoms with Crippen molar-refractivity contribution in [1.29, 1.82) is 10.5 Å². The van der Waals surface area contributed by atoms with Gasteiger partial charge in [-0.2, -0.15) is 10.5 Å². The van der Waals surface area contributed by atoms with E-state index in [1.807, 2.05) is 55.1 Å². The van der Waals surface area contributed by atoms with Crippen molar-refractivity contribution in [1.82, 2.24) is 25.1 Å². The van der Waals surface area contributed by atoms with E-state index >= 15 is 0 Å². The van der Waals surface area contributed by atoms with Crippen molar-refractivity contribution in [3.05, 3.63) is 123 Å². The van der Waals surface area contributed by atoms with Crippen molar-refractivity contribution in [2.24, 2.45) is 5.92 Å². The SMILES string of the molecule is CNC(C)C(=O)NC(C(=O)N1CCCC1c1nc(C(=O)c2cccc(OCCOCCOCCOCCOCCOc3ccc(Cn4c(C)c(C#N)c(-c5ccc(C#N)cc5)c4C)cc3)c2)cs1)C1CCCCC1. The van der Waals surface area contributed by atoms with Crippen molar-refractivity contribution in [2.75, 3.05) is 79.7 Å². The number of thiazole rings is 1. The Kier molecular flexibility index (Phi) is 21.1. The highest BCUT2D eigenvalue weighted by atomic mass is 32.1. The first-order valence-electron chi connectivity index (χ1n) is 25.7. The van der Waals surface area contributed by atoms with Crippen molar-refractivity contribution >= 4 is 28.9 Å². The Balaban J connectivity index is 0.723. The standard InChI is InChI=1S/C57H69N7O9S/c1-39(60-4)55(66)62-53(45-10-6-5-7-11-45)57(67)63-23-9-14-51(63)56-61-50(38-74-56)54(65)46-12-8-13-48(34-46)73-33-31-71-29-27-69-25-24-68-26-28-70-30-32-72-47-21-17-43(18-22-47)37-64-40(2)49(36-59)52(41(64)3)44-19-15-42(35-58)16-20-44/h8,12-13,15-22,34,38-39,45,51,53,60H,5-7,9-11,14,23-33,37H2,1-4H3,(H,62,66). The largest absolute Gasteiger partial charge is 0.491 e. The number of likely N-dealkylation sites (N-methyl/N-ethyl adjacent to an activating group) is 1. The molecule has 16 nitrogen and oxygen atoms in total. The summed E-state index contributed by atoms with van der Waals surface area (Å²) in [6.07, 6.45) is 6.66. The van der Waals surface area contributed by atoms with Gasteiger partial charge < -0.3 is 48.5 Å². The molecule has 2 aromatic heterocycles. The Morgan fingerprint density at radius 1 is 0.757 bits per heavy atom. The summed E-state index contributed by atoms with van der Waals surface area (Å²) in [5.41, 5.74) is 6.79. The van der Waals surface area contributed by atoms with Gasteiger partial charge in [-0.15, -0.1) is 11.3 Å². The highest BCUT2D eigenvalue weighted by molar-refractivity contribution is 7.10. The molecule has 1 saturated carbocycles. The first-order chi connectivity index (χ1) is 36.1. The maximum atomic E-state index is 14.2. The number of carbonyl (C=O) groups excluding carboxylic acids is 3. The number of ether oxygens (including phenoxy) is 6. The molecule has 2 amide bonds. The molecule has 1 saturated heterocycles. The minimum atomic E-state index is -0.581. The molecule has 0 bridgehead atoms. The lowest BCUT2D eigenvalue weighted by Crippen LogP contribution is -2.55. The number of rotatable bonds is 28. The lowest BCUT2D eigenvalue weighted by atomic mass is 9.83. The average molecular weight is 1030 g/mol. The number of likely N-dealkylation sites (tertiary alicyclic amines) is 1. The van der Waals surface area contributed by atoms with E-state index in [1.54, 1.807) is 55.7 Å². The molecule has 1 aliphatic carbocycles. The number of nitrogens with zero attached hydrogens (tertiary/aromatic N) is 5. The second-order valence-corrected chi connectivity index (χ2v) is 19.5. The van der Waals surface area contributed by atoms with E-state index in [0.717, 1.165) is 83.8 Å². The van der Waals surface area contributed by atoms with Crippen molar-refractivity contribution < 1.29 is 42.8 Å². The van der Waals surface area contributed by atoms with Crippen LogP contribution in [-0.2, 0) is 35.1 Å². The van der Waals surface area contributed by atoms with E-state index < -0.39 is 12.1 Å². The number of aromatic nitrogens is 2. The van der Waals surface area contributed by atoms with Crippen LogP contribution in [-0.4, -0.2) is 124 Å². The van der Waals surface area contributed by atoms with Gasteiger partial charge in [0.15, 0.2) is 0 Å². The molecule has 392 valence electrons. The van der Waals surface area contributed by atoms with Gasteiger partial charge in [-0.05, 0) is 107 Å². The van der Waals surface area contributed by atoms with Crippen LogP contribution in [0.4, 0.5) is 0 Å². The molecule has 1 aliphatic heterocycles. The molecule has 3 heterocycles. The summed E-state index contributed by atoms with van der Waals surface area (Å²) in [6, 6.07) is 25.6. The molecule has 0 spiro atoms. The fraction of sp³-hybridized carbons (Fsp3) is 0.474. The molecule has 7 rings (SSSR count). The molecule has 2 fully saturated rings. The zero-order valence-electron chi connectivity index (χ0n) is 43.1. The molecule has 2 aliphatic rings. The molecule has 3 atom stereocenters. The predicted octanol–water partition coefficient (Wildman–Crippen LogP) is 8.11. The number of benzene rings is 3. The molecule has 0 radical (unpaired) electrons. The second-order valence-electron chi connectivity index (χ2n) is 18.6. The van der Waals surface area contributed by atoms with Crippen LogP contribution in [0.1, 0.15) is 107 Å². The van der Waals surface area contributed by atoms with Gasteiger partial charge in [0, 0.05) is 41.0 Å². The summed E-state index contributed by atoms with van der Waals surface area (Å²) < 4.78 is 36.5. The van der Waals surface area contributed by atoms with Crippen LogP contribution < -0.4 is 20.1 Å². The number of nitriles is 2. The minimum absolute atomic E-state index is 0.0596. The highest BCUT2D eigenvalue weighted by Crippen LogP contribution is 2.37. The van der Waals surface area contributed by atoms with Crippen molar-refractivity contribution in [3.63, 3.8) is 0 Å². The zero-order chi connectivity index (χ0) is 52.2. The van der Waals surface area contributed by atoms with Crippen molar-refractivity contribution in [3.8, 4) is 34.8 Å². The fourth-order valence-corrected chi connectivity index (χ4v) is 10.5. The van der Waals surface area contributed by atoms with Crippen LogP contribution in [0.15, 0.2) is 78.2 Å². The Bertz CT molecular complexity index is 2700. The lowest BCUT2D eigenvalue weighted by Gasteiger charge is -2.35. The Morgan fingerprint density at radius 3 is 2.01 bits per heavy atom. The maximum Gasteiger partial charge on any atom is 0.246 e. The number of ketones is 1. The number of nitrogens with one attached hydrogen (secondary N) is 2. The normalized spacial score (nSPS) is 15.5. The lowest BCUT2D eigenvalue weighted by molar-refractivity contribution is -0.139. The summed E-state index contributed by atoms with van der Waals surface area (Å²) >= 11 is 1.39. The summed E-state index contributed by atoms with van der Waals surface area (Å²) in [7, 11) is 1.74. The first kappa shape index (κ1) is 55.3. The zero-order valence-corrected chi connectivity index (χ0v) is 43.9. The number of hydrogen-bond acceptors (Lipinski definition) is 14. The van der Waals surface area contributed by atoms with Crippen LogP contribution in [0, 0.1) is 42.4 Å². The molecular weight excluding hydrogens is 959 g/mol. The summed E-state index contributed by atoms with van der Waals surface area (Å²) in [5, 5.41) is 27.7. The Hall–Kier alpha value is -6.44. The van der Waals surface area contributed by atoms with E-state index in [0.29, 0.717) is 107 Å². The smallest absolute Gasteiger partial charge is 0.246 e. The Morgan fingerprint density at radius 2 is 1.39 bits per heavy atom. The third-order valence-electron chi connectivity index (χ3n) is 13.8. The van der Waals surface area contributed by atoms with Gasteiger partial charge in [0.1, 0.15) is 47.5 Å². The van der Waals surface area contributed by atoms with E-state index in [9.17, 15) is 24.9 Å². The monoisotopic (exact) mass is 1030 g/mol. The van der Waals surface area contributed by atoms with Gasteiger partial charge in [-0.3, -0.25) is 14.4 Å². The van der Waals surface area contributed by atoms with Gasteiger partial charge in [-0.25, -0.2) is 4.98 Å². The van der Waals surface area contributed by atoms with E-state index in [1.165, 1.54) is 11.3 Å². The van der Waals surface area contributed by atoms with E-state index in [-0.39, 0.29) is 29.6 Å². The van der Waals surface area contributed by atoms with Crippen LogP contribution in [0.25, 0.3) is 11.1 Å². The average Bonchev–Trinajstić information content (AvgIpc) is 4.19. The van der Waals surface area contributed by atoms with Crippen LogP contribution in [0.5, 0.6) is 11.5 Å². The predicted molar refractivity (Wildman–Crippen MR) is 281 cm³/mol. The van der Waals surface area contributed by atoms with Crippen LogP contribution in [0.3, 0.4) is 0 Å². The molecule has 3 unspecified atom stereocenters. The minimum Gasteiger partial charge on any atom is -0.491 e. The number of amides is 2.